The maximum Gasteiger partial charge on any atom is 0.316 e. The molecule has 1 aromatic carbocycles. The molecule has 29 heavy (non-hydrogen) atoms. The molecule has 0 aliphatic carbocycles. The molecule has 2 rings (SSSR count). The molecule has 0 saturated carbocycles. The van der Waals surface area contributed by atoms with Crippen LogP contribution in [-0.4, -0.2) is 40.6 Å². The Hall–Kier alpha value is -2.81. The monoisotopic (exact) mass is 419 g/mol. The zero-order chi connectivity index (χ0) is 21.6. The van der Waals surface area contributed by atoms with E-state index in [2.05, 4.69) is 15.8 Å². The number of carbonyl (C=O) groups is 3. The van der Waals surface area contributed by atoms with Gasteiger partial charge in [0.25, 0.3) is 5.91 Å². The number of rotatable bonds is 8. The number of aromatic nitrogens is 1. The van der Waals surface area contributed by atoms with Crippen LogP contribution in [0.3, 0.4) is 0 Å². The van der Waals surface area contributed by atoms with Gasteiger partial charge in [-0.15, -0.1) is 11.8 Å². The Kier molecular flexibility index (Phi) is 7.83. The molecule has 156 valence electrons. The summed E-state index contributed by atoms with van der Waals surface area (Å²) in [6.07, 6.45) is -0.949. The largest absolute Gasteiger partial charge is 0.452 e. The second kappa shape index (κ2) is 10.1. The van der Waals surface area contributed by atoms with Crippen LogP contribution in [0.1, 0.15) is 29.4 Å². The first-order valence-corrected chi connectivity index (χ1v) is 10.2. The number of thioether (sulfide) groups is 1. The molecule has 0 unspecified atom stereocenters. The van der Waals surface area contributed by atoms with E-state index in [-0.39, 0.29) is 17.4 Å². The van der Waals surface area contributed by atoms with Crippen LogP contribution in [0.2, 0.25) is 0 Å². The van der Waals surface area contributed by atoms with Crippen LogP contribution in [-0.2, 0) is 19.1 Å². The second-order valence-corrected chi connectivity index (χ2v) is 7.74. The Labute approximate surface area is 173 Å². The third kappa shape index (κ3) is 6.94. The minimum absolute atomic E-state index is 0.0450. The fourth-order valence-corrected chi connectivity index (χ4v) is 3.31. The lowest BCUT2D eigenvalue weighted by Crippen LogP contribution is -2.31. The number of ether oxygens (including phenoxy) is 1. The van der Waals surface area contributed by atoms with Gasteiger partial charge in [-0.05, 0) is 45.7 Å². The molecule has 2 aromatic rings. The third-order valence-electron chi connectivity index (χ3n) is 3.95. The molecule has 2 N–H and O–H groups in total. The van der Waals surface area contributed by atoms with Crippen molar-refractivity contribution in [1.82, 2.24) is 5.16 Å². The van der Waals surface area contributed by atoms with Crippen LogP contribution >= 0.6 is 11.8 Å². The maximum absolute atomic E-state index is 12.3. The Bertz CT molecular complexity index is 886. The van der Waals surface area contributed by atoms with Crippen LogP contribution in [0.5, 0.6) is 0 Å². The minimum atomic E-state index is -0.949. The van der Waals surface area contributed by atoms with Crippen LogP contribution < -0.4 is 10.6 Å². The Balaban J connectivity index is 1.75. The van der Waals surface area contributed by atoms with Crippen molar-refractivity contribution in [3.8, 4) is 0 Å². The quantitative estimate of drug-likeness (QED) is 0.632. The summed E-state index contributed by atoms with van der Waals surface area (Å²) < 4.78 is 10.0. The Morgan fingerprint density at radius 1 is 1.07 bits per heavy atom. The van der Waals surface area contributed by atoms with E-state index in [9.17, 15) is 14.4 Å². The van der Waals surface area contributed by atoms with Gasteiger partial charge in [-0.3, -0.25) is 14.4 Å². The zero-order valence-corrected chi connectivity index (χ0v) is 17.9. The molecule has 1 atom stereocenters. The minimum Gasteiger partial charge on any atom is -0.452 e. The van der Waals surface area contributed by atoms with Gasteiger partial charge < -0.3 is 19.9 Å². The third-order valence-corrected chi connectivity index (χ3v) is 4.86. The first-order valence-electron chi connectivity index (χ1n) is 9.05. The van der Waals surface area contributed by atoms with E-state index in [1.807, 2.05) is 32.9 Å². The molecule has 8 nitrogen and oxygen atoms in total. The SMILES string of the molecule is Cc1cc(C)c(NC(=O)[C@H](C)OC(=O)CSCC(=O)Nc2cc(C)on2)c(C)c1. The molecule has 0 fully saturated rings. The predicted molar refractivity (Wildman–Crippen MR) is 112 cm³/mol. The van der Waals surface area contributed by atoms with E-state index in [0.717, 1.165) is 34.1 Å². The summed E-state index contributed by atoms with van der Waals surface area (Å²) in [7, 11) is 0. The van der Waals surface area contributed by atoms with Crippen molar-refractivity contribution in [3.05, 3.63) is 40.6 Å². The lowest BCUT2D eigenvalue weighted by Gasteiger charge is -2.16. The number of hydrogen-bond donors (Lipinski definition) is 2. The molecule has 0 aliphatic heterocycles. The van der Waals surface area contributed by atoms with Crippen molar-refractivity contribution in [2.75, 3.05) is 22.1 Å². The van der Waals surface area contributed by atoms with Gasteiger partial charge in [0.2, 0.25) is 5.91 Å². The van der Waals surface area contributed by atoms with Crippen molar-refractivity contribution in [2.45, 2.75) is 40.7 Å². The number of benzene rings is 1. The van der Waals surface area contributed by atoms with E-state index in [4.69, 9.17) is 9.26 Å². The van der Waals surface area contributed by atoms with Crippen molar-refractivity contribution >= 4 is 41.1 Å². The molecule has 9 heteroatoms. The average Bonchev–Trinajstić information content (AvgIpc) is 3.02. The normalized spacial score (nSPS) is 11.6. The summed E-state index contributed by atoms with van der Waals surface area (Å²) in [4.78, 5) is 36.1. The standard InChI is InChI=1S/C20H25N3O5S/c1-11-6-12(2)19(13(3)7-11)22-20(26)15(5)27-18(25)10-29-9-17(24)21-16-8-14(4)28-23-16/h6-8,15H,9-10H2,1-5H3,(H,22,26)(H,21,23,24)/t15-/m0/s1. The Morgan fingerprint density at radius 3 is 2.31 bits per heavy atom. The highest BCUT2D eigenvalue weighted by atomic mass is 32.2. The number of nitrogens with one attached hydrogen (secondary N) is 2. The summed E-state index contributed by atoms with van der Waals surface area (Å²) in [6.45, 7) is 9.03. The summed E-state index contributed by atoms with van der Waals surface area (Å²) in [5, 5.41) is 9.02. The number of esters is 1. The second-order valence-electron chi connectivity index (χ2n) is 6.76. The van der Waals surface area contributed by atoms with Gasteiger partial charge in [0.05, 0.1) is 11.5 Å². The topological polar surface area (TPSA) is 111 Å². The summed E-state index contributed by atoms with van der Waals surface area (Å²) in [6, 6.07) is 5.54. The van der Waals surface area contributed by atoms with E-state index in [0.29, 0.717) is 11.6 Å². The molecule has 0 aliphatic rings. The van der Waals surface area contributed by atoms with E-state index < -0.39 is 18.0 Å². The van der Waals surface area contributed by atoms with Crippen LogP contribution in [0.4, 0.5) is 11.5 Å². The van der Waals surface area contributed by atoms with Gasteiger partial charge in [-0.2, -0.15) is 0 Å². The van der Waals surface area contributed by atoms with Gasteiger partial charge in [0, 0.05) is 11.8 Å². The number of anilines is 2. The molecule has 2 amide bonds. The van der Waals surface area contributed by atoms with Crippen LogP contribution in [0.25, 0.3) is 0 Å². The average molecular weight is 420 g/mol. The number of carbonyl (C=O) groups excluding carboxylic acids is 3. The smallest absolute Gasteiger partial charge is 0.316 e. The van der Waals surface area contributed by atoms with Gasteiger partial charge >= 0.3 is 5.97 Å². The zero-order valence-electron chi connectivity index (χ0n) is 17.1. The number of aryl methyl sites for hydroxylation is 4. The highest BCUT2D eigenvalue weighted by molar-refractivity contribution is 8.00. The van der Waals surface area contributed by atoms with E-state index in [1.54, 1.807) is 13.0 Å². The highest BCUT2D eigenvalue weighted by Crippen LogP contribution is 2.22. The summed E-state index contributed by atoms with van der Waals surface area (Å²) >= 11 is 1.08. The lowest BCUT2D eigenvalue weighted by molar-refractivity contribution is -0.150. The fraction of sp³-hybridized carbons (Fsp3) is 0.400. The van der Waals surface area contributed by atoms with E-state index >= 15 is 0 Å². The molecule has 0 bridgehead atoms. The lowest BCUT2D eigenvalue weighted by atomic mass is 10.0. The highest BCUT2D eigenvalue weighted by Gasteiger charge is 2.19. The first kappa shape index (κ1) is 22.5. The maximum atomic E-state index is 12.3. The van der Waals surface area contributed by atoms with Gasteiger partial charge in [-0.1, -0.05) is 22.9 Å². The molecule has 0 radical (unpaired) electrons. The van der Waals surface area contributed by atoms with Crippen LogP contribution in [0.15, 0.2) is 22.7 Å². The molecule has 0 saturated heterocycles. The first-order chi connectivity index (χ1) is 13.7. The fourth-order valence-electron chi connectivity index (χ4n) is 2.72. The predicted octanol–water partition coefficient (Wildman–Crippen LogP) is 3.15. The van der Waals surface area contributed by atoms with Crippen molar-refractivity contribution in [3.63, 3.8) is 0 Å². The van der Waals surface area contributed by atoms with Crippen molar-refractivity contribution in [1.29, 1.82) is 0 Å². The molecular weight excluding hydrogens is 394 g/mol. The number of nitrogens with zero attached hydrogens (tertiary/aromatic N) is 1. The summed E-state index contributed by atoms with van der Waals surface area (Å²) in [5.74, 6) is -0.387. The van der Waals surface area contributed by atoms with E-state index in [1.165, 1.54) is 6.92 Å². The van der Waals surface area contributed by atoms with Crippen molar-refractivity contribution in [2.24, 2.45) is 0 Å². The summed E-state index contributed by atoms with van der Waals surface area (Å²) in [5.41, 5.74) is 3.71. The van der Waals surface area contributed by atoms with Gasteiger partial charge in [-0.25, -0.2) is 0 Å². The molecule has 1 heterocycles. The van der Waals surface area contributed by atoms with Crippen molar-refractivity contribution < 1.29 is 23.6 Å². The molecular formula is C20H25N3O5S. The number of amides is 2. The van der Waals surface area contributed by atoms with Gasteiger partial charge in [0.15, 0.2) is 11.9 Å². The molecule has 1 aromatic heterocycles. The number of hydrogen-bond acceptors (Lipinski definition) is 7. The van der Waals surface area contributed by atoms with Crippen LogP contribution in [0, 0.1) is 27.7 Å². The molecule has 0 spiro atoms. The van der Waals surface area contributed by atoms with Gasteiger partial charge in [0.1, 0.15) is 5.76 Å². The Morgan fingerprint density at radius 2 is 1.72 bits per heavy atom.